The van der Waals surface area contributed by atoms with Gasteiger partial charge in [0.15, 0.2) is 12.4 Å². The monoisotopic (exact) mass is 404 g/mol. The van der Waals surface area contributed by atoms with Gasteiger partial charge in [-0.05, 0) is 30.7 Å². The van der Waals surface area contributed by atoms with E-state index in [1.165, 1.54) is 29.4 Å². The molecule has 2 aromatic rings. The Morgan fingerprint density at radius 3 is 2.66 bits per heavy atom. The predicted octanol–water partition coefficient (Wildman–Crippen LogP) is 0.589. The fourth-order valence-corrected chi connectivity index (χ4v) is 3.25. The maximum atomic E-state index is 13.1. The molecule has 7 nitrogen and oxygen atoms in total. The summed E-state index contributed by atoms with van der Waals surface area (Å²) in [6.07, 6.45) is 2.11. The SMILES string of the molecule is CCCNC(=O)COc1coc(C[NH+]2CCN(c3ccc(F)cc3)CC2)cc1=O. The lowest BCUT2D eigenvalue weighted by atomic mass is 10.2. The van der Waals surface area contributed by atoms with Crippen LogP contribution in [0.2, 0.25) is 0 Å². The molecule has 0 radical (unpaired) electrons. The summed E-state index contributed by atoms with van der Waals surface area (Å²) in [5.41, 5.74) is 0.723. The zero-order valence-electron chi connectivity index (χ0n) is 16.6. The van der Waals surface area contributed by atoms with Crippen LogP contribution < -0.4 is 25.3 Å². The Bertz CT molecular complexity index is 861. The van der Waals surface area contributed by atoms with E-state index in [0.717, 1.165) is 38.3 Å². The highest BCUT2D eigenvalue weighted by molar-refractivity contribution is 5.77. The van der Waals surface area contributed by atoms with E-state index in [4.69, 9.17) is 9.15 Å². The van der Waals surface area contributed by atoms with Gasteiger partial charge in [-0.3, -0.25) is 9.59 Å². The number of nitrogens with one attached hydrogen (secondary N) is 2. The number of hydrogen-bond acceptors (Lipinski definition) is 5. The lowest BCUT2D eigenvalue weighted by molar-refractivity contribution is -0.915. The normalized spacial score (nSPS) is 14.6. The van der Waals surface area contributed by atoms with Crippen LogP contribution in [0.4, 0.5) is 10.1 Å². The molecule has 156 valence electrons. The van der Waals surface area contributed by atoms with E-state index in [2.05, 4.69) is 10.2 Å². The summed E-state index contributed by atoms with van der Waals surface area (Å²) in [6, 6.07) is 7.96. The van der Waals surface area contributed by atoms with Crippen molar-refractivity contribution in [2.24, 2.45) is 0 Å². The van der Waals surface area contributed by atoms with Gasteiger partial charge in [-0.15, -0.1) is 0 Å². The number of quaternary nitrogens is 1. The molecule has 0 bridgehead atoms. The van der Waals surface area contributed by atoms with E-state index in [1.54, 1.807) is 12.1 Å². The average Bonchev–Trinajstić information content (AvgIpc) is 2.73. The summed E-state index contributed by atoms with van der Waals surface area (Å²) >= 11 is 0. The minimum Gasteiger partial charge on any atom is -0.477 e. The fraction of sp³-hybridized carbons (Fsp3) is 0.429. The molecule has 1 aromatic heterocycles. The maximum absolute atomic E-state index is 13.1. The van der Waals surface area contributed by atoms with Gasteiger partial charge in [-0.2, -0.15) is 0 Å². The molecule has 1 aliphatic rings. The number of rotatable bonds is 8. The van der Waals surface area contributed by atoms with Crippen molar-refractivity contribution in [1.82, 2.24) is 5.32 Å². The van der Waals surface area contributed by atoms with E-state index in [1.807, 2.05) is 6.92 Å². The number of nitrogens with zero attached hydrogens (tertiary/aromatic N) is 1. The number of piperazine rings is 1. The minimum atomic E-state index is -0.293. The number of halogens is 1. The molecule has 0 aliphatic carbocycles. The van der Waals surface area contributed by atoms with Crippen LogP contribution in [0.25, 0.3) is 0 Å². The van der Waals surface area contributed by atoms with Gasteiger partial charge in [0, 0.05) is 18.3 Å². The van der Waals surface area contributed by atoms with Crippen molar-refractivity contribution in [2.45, 2.75) is 19.9 Å². The Kier molecular flexibility index (Phi) is 7.24. The zero-order chi connectivity index (χ0) is 20.6. The molecule has 3 rings (SSSR count). The van der Waals surface area contributed by atoms with Crippen molar-refractivity contribution in [3.05, 3.63) is 58.4 Å². The maximum Gasteiger partial charge on any atom is 0.257 e. The molecule has 2 heterocycles. The van der Waals surface area contributed by atoms with Crippen LogP contribution in [0.3, 0.4) is 0 Å². The van der Waals surface area contributed by atoms with E-state index < -0.39 is 0 Å². The second-order valence-electron chi connectivity index (χ2n) is 7.10. The molecule has 1 saturated heterocycles. The number of benzene rings is 1. The Morgan fingerprint density at radius 2 is 2.00 bits per heavy atom. The Balaban J connectivity index is 1.48. The minimum absolute atomic E-state index is 0.0385. The van der Waals surface area contributed by atoms with Crippen molar-refractivity contribution >= 4 is 11.6 Å². The number of anilines is 1. The van der Waals surface area contributed by atoms with Crippen molar-refractivity contribution in [1.29, 1.82) is 0 Å². The van der Waals surface area contributed by atoms with Crippen LogP contribution in [0.5, 0.6) is 5.75 Å². The van der Waals surface area contributed by atoms with Gasteiger partial charge < -0.3 is 24.3 Å². The molecule has 8 heteroatoms. The summed E-state index contributed by atoms with van der Waals surface area (Å²) in [4.78, 5) is 27.3. The number of amides is 1. The number of carbonyl (C=O) groups excluding carboxylic acids is 1. The summed E-state index contributed by atoms with van der Waals surface area (Å²) in [5.74, 6) is 0.125. The van der Waals surface area contributed by atoms with Crippen LogP contribution in [0, 0.1) is 5.82 Å². The lowest BCUT2D eigenvalue weighted by Gasteiger charge is -2.33. The first kappa shape index (κ1) is 20.9. The fourth-order valence-electron chi connectivity index (χ4n) is 3.25. The number of carbonyl (C=O) groups is 1. The van der Waals surface area contributed by atoms with Crippen LogP contribution in [-0.4, -0.2) is 45.2 Å². The first-order chi connectivity index (χ1) is 14.0. The number of hydrogen-bond donors (Lipinski definition) is 2. The first-order valence-corrected chi connectivity index (χ1v) is 9.90. The predicted molar refractivity (Wildman–Crippen MR) is 107 cm³/mol. The second kappa shape index (κ2) is 10.1. The molecule has 0 atom stereocenters. The molecule has 1 aromatic carbocycles. The van der Waals surface area contributed by atoms with E-state index in [0.29, 0.717) is 18.8 Å². The van der Waals surface area contributed by atoms with Crippen molar-refractivity contribution in [3.8, 4) is 5.75 Å². The van der Waals surface area contributed by atoms with Gasteiger partial charge in [-0.25, -0.2) is 4.39 Å². The molecule has 0 spiro atoms. The van der Waals surface area contributed by atoms with E-state index in [9.17, 15) is 14.0 Å². The van der Waals surface area contributed by atoms with Crippen LogP contribution in [0.15, 0.2) is 45.8 Å². The van der Waals surface area contributed by atoms with E-state index >= 15 is 0 Å². The van der Waals surface area contributed by atoms with Crippen LogP contribution in [-0.2, 0) is 11.3 Å². The topological polar surface area (TPSA) is 76.2 Å². The van der Waals surface area contributed by atoms with Crippen molar-refractivity contribution in [3.63, 3.8) is 0 Å². The molecular weight excluding hydrogens is 377 g/mol. The third-order valence-corrected chi connectivity index (χ3v) is 4.87. The summed E-state index contributed by atoms with van der Waals surface area (Å²) in [6.45, 7) is 6.39. The van der Waals surface area contributed by atoms with E-state index in [-0.39, 0.29) is 29.5 Å². The van der Waals surface area contributed by atoms with Crippen LogP contribution >= 0.6 is 0 Å². The first-order valence-electron chi connectivity index (χ1n) is 9.90. The molecule has 1 fully saturated rings. The highest BCUT2D eigenvalue weighted by Gasteiger charge is 2.21. The standard InChI is InChI=1S/C21H26FN3O4/c1-2-7-23-21(27)15-29-20-14-28-18(12-19(20)26)13-24-8-10-25(11-9-24)17-5-3-16(22)4-6-17/h3-6,12,14H,2,7-11,13,15H2,1H3,(H,23,27)/p+1. The smallest absolute Gasteiger partial charge is 0.257 e. The third-order valence-electron chi connectivity index (χ3n) is 4.87. The van der Waals surface area contributed by atoms with Gasteiger partial charge in [0.1, 0.15) is 18.6 Å². The Hall–Kier alpha value is -2.87. The molecule has 1 amide bonds. The summed E-state index contributed by atoms with van der Waals surface area (Å²) < 4.78 is 23.9. The molecule has 29 heavy (non-hydrogen) atoms. The highest BCUT2D eigenvalue weighted by atomic mass is 19.1. The molecule has 0 unspecified atom stereocenters. The Morgan fingerprint density at radius 1 is 1.28 bits per heavy atom. The lowest BCUT2D eigenvalue weighted by Crippen LogP contribution is -3.13. The summed E-state index contributed by atoms with van der Waals surface area (Å²) in [7, 11) is 0. The third kappa shape index (κ3) is 6.05. The number of ether oxygens (including phenoxy) is 1. The largest absolute Gasteiger partial charge is 0.477 e. The molecule has 0 saturated carbocycles. The van der Waals surface area contributed by atoms with Crippen LogP contribution in [0.1, 0.15) is 19.1 Å². The highest BCUT2D eigenvalue weighted by Crippen LogP contribution is 2.14. The molecule has 2 N–H and O–H groups in total. The van der Waals surface area contributed by atoms with Crippen molar-refractivity contribution < 1.29 is 23.2 Å². The molecular formula is C21H27FN3O4+. The average molecular weight is 404 g/mol. The van der Waals surface area contributed by atoms with Gasteiger partial charge in [0.2, 0.25) is 11.2 Å². The quantitative estimate of drug-likeness (QED) is 0.674. The second-order valence-corrected chi connectivity index (χ2v) is 7.10. The van der Waals surface area contributed by atoms with Gasteiger partial charge in [0.05, 0.1) is 26.2 Å². The van der Waals surface area contributed by atoms with Gasteiger partial charge in [-0.1, -0.05) is 6.92 Å². The van der Waals surface area contributed by atoms with Gasteiger partial charge in [0.25, 0.3) is 5.91 Å². The van der Waals surface area contributed by atoms with Gasteiger partial charge >= 0.3 is 0 Å². The molecule has 1 aliphatic heterocycles. The zero-order valence-corrected chi connectivity index (χ0v) is 16.6. The summed E-state index contributed by atoms with van der Waals surface area (Å²) in [5, 5.41) is 2.68. The Labute approximate surface area is 169 Å². The van der Waals surface area contributed by atoms with Crippen molar-refractivity contribution in [2.75, 3.05) is 44.2 Å².